The Morgan fingerprint density at radius 1 is 0.958 bits per heavy atom. The molecule has 0 radical (unpaired) electrons. The summed E-state index contributed by atoms with van der Waals surface area (Å²) < 4.78 is 0. The van der Waals surface area contributed by atoms with Gasteiger partial charge in [0, 0.05) is 12.2 Å². The quantitative estimate of drug-likeness (QED) is 0.529. The molecule has 0 spiro atoms. The van der Waals surface area contributed by atoms with Crippen molar-refractivity contribution < 1.29 is 9.59 Å². The summed E-state index contributed by atoms with van der Waals surface area (Å²) >= 11 is 0. The number of aryl methyl sites for hydroxylation is 2. The summed E-state index contributed by atoms with van der Waals surface area (Å²) in [6.07, 6.45) is 4.81. The highest BCUT2D eigenvalue weighted by atomic mass is 16.2. The molecule has 0 aromatic heterocycles. The van der Waals surface area contributed by atoms with Crippen LogP contribution in [0.5, 0.6) is 0 Å². The van der Waals surface area contributed by atoms with Crippen LogP contribution in [0.3, 0.4) is 0 Å². The molecule has 0 saturated carbocycles. The first-order valence-corrected chi connectivity index (χ1v) is 9.08. The van der Waals surface area contributed by atoms with E-state index in [4.69, 9.17) is 0 Å². The average Bonchev–Trinajstić information content (AvgIpc) is 2.58. The standard InChI is InChI=1S/C20H32N2O2/c1-6-9-10-14-21-18(23)20(4,5)19(24)22-17-15(7-2)12-11-13-16(17)8-3/h11-13H,6-10,14H2,1-5H3,(H,21,23)(H,22,24). The number of para-hydroxylation sites is 1. The van der Waals surface area contributed by atoms with E-state index in [1.165, 1.54) is 0 Å². The van der Waals surface area contributed by atoms with Crippen molar-refractivity contribution in [1.82, 2.24) is 5.32 Å². The molecule has 24 heavy (non-hydrogen) atoms. The number of hydrogen-bond donors (Lipinski definition) is 2. The maximum Gasteiger partial charge on any atom is 0.239 e. The van der Waals surface area contributed by atoms with Crippen LogP contribution in [0.2, 0.25) is 0 Å². The lowest BCUT2D eigenvalue weighted by atomic mass is 9.90. The van der Waals surface area contributed by atoms with E-state index in [-0.39, 0.29) is 11.8 Å². The molecule has 1 aromatic rings. The van der Waals surface area contributed by atoms with Gasteiger partial charge >= 0.3 is 0 Å². The molecule has 0 unspecified atom stereocenters. The number of nitrogens with one attached hydrogen (secondary N) is 2. The lowest BCUT2D eigenvalue weighted by Gasteiger charge is -2.24. The Hall–Kier alpha value is -1.84. The van der Waals surface area contributed by atoms with Crippen LogP contribution in [-0.2, 0) is 22.4 Å². The highest BCUT2D eigenvalue weighted by Crippen LogP contribution is 2.26. The van der Waals surface area contributed by atoms with Gasteiger partial charge in [0.15, 0.2) is 0 Å². The van der Waals surface area contributed by atoms with Gasteiger partial charge in [0.05, 0.1) is 0 Å². The summed E-state index contributed by atoms with van der Waals surface area (Å²) in [6, 6.07) is 6.05. The molecule has 2 N–H and O–H groups in total. The van der Waals surface area contributed by atoms with Crippen LogP contribution in [0.1, 0.15) is 65.0 Å². The van der Waals surface area contributed by atoms with Gasteiger partial charge in [-0.3, -0.25) is 9.59 Å². The molecule has 0 aliphatic carbocycles. The molecule has 0 atom stereocenters. The number of carbonyl (C=O) groups excluding carboxylic acids is 2. The molecule has 4 heteroatoms. The number of benzene rings is 1. The molecule has 0 heterocycles. The molecule has 4 nitrogen and oxygen atoms in total. The van der Waals surface area contributed by atoms with Crippen molar-refractivity contribution in [2.75, 3.05) is 11.9 Å². The molecular formula is C20H32N2O2. The highest BCUT2D eigenvalue weighted by Gasteiger charge is 2.36. The van der Waals surface area contributed by atoms with Gasteiger partial charge < -0.3 is 10.6 Å². The minimum atomic E-state index is -1.10. The van der Waals surface area contributed by atoms with Gasteiger partial charge in [-0.2, -0.15) is 0 Å². The van der Waals surface area contributed by atoms with Crippen molar-refractivity contribution in [2.45, 2.75) is 66.7 Å². The van der Waals surface area contributed by atoms with Gasteiger partial charge in [0.1, 0.15) is 5.41 Å². The van der Waals surface area contributed by atoms with Crippen LogP contribution in [-0.4, -0.2) is 18.4 Å². The van der Waals surface area contributed by atoms with Gasteiger partial charge in [0.25, 0.3) is 0 Å². The first kappa shape index (κ1) is 20.2. The third-order valence-corrected chi connectivity index (χ3v) is 4.44. The summed E-state index contributed by atoms with van der Waals surface area (Å²) in [5, 5.41) is 5.89. The second-order valence-electron chi connectivity index (χ2n) is 6.70. The van der Waals surface area contributed by atoms with E-state index in [2.05, 4.69) is 31.4 Å². The number of carbonyl (C=O) groups is 2. The maximum atomic E-state index is 12.7. The second kappa shape index (κ2) is 9.45. The number of amides is 2. The SMILES string of the molecule is CCCCCNC(=O)C(C)(C)C(=O)Nc1c(CC)cccc1CC. The van der Waals surface area contributed by atoms with Gasteiger partial charge in [-0.05, 0) is 44.2 Å². The van der Waals surface area contributed by atoms with Gasteiger partial charge in [0.2, 0.25) is 11.8 Å². The van der Waals surface area contributed by atoms with E-state index < -0.39 is 5.41 Å². The number of hydrogen-bond acceptors (Lipinski definition) is 2. The molecule has 0 saturated heterocycles. The molecule has 134 valence electrons. The average molecular weight is 332 g/mol. The third kappa shape index (κ3) is 5.08. The Labute approximate surface area is 146 Å². The molecular weight excluding hydrogens is 300 g/mol. The van der Waals surface area contributed by atoms with Crippen molar-refractivity contribution >= 4 is 17.5 Å². The summed E-state index contributed by atoms with van der Waals surface area (Å²) in [6.45, 7) is 10.2. The van der Waals surface area contributed by atoms with Crippen LogP contribution in [0, 0.1) is 5.41 Å². The molecule has 0 aliphatic rings. The van der Waals surface area contributed by atoms with E-state index in [1.807, 2.05) is 18.2 Å². The van der Waals surface area contributed by atoms with Crippen molar-refractivity contribution in [3.8, 4) is 0 Å². The third-order valence-electron chi connectivity index (χ3n) is 4.44. The fourth-order valence-corrected chi connectivity index (χ4v) is 2.57. The fourth-order valence-electron chi connectivity index (χ4n) is 2.57. The highest BCUT2D eigenvalue weighted by molar-refractivity contribution is 6.10. The monoisotopic (exact) mass is 332 g/mol. The largest absolute Gasteiger partial charge is 0.355 e. The molecule has 0 bridgehead atoms. The summed E-state index contributed by atoms with van der Waals surface area (Å²) in [7, 11) is 0. The van der Waals surface area contributed by atoms with Crippen molar-refractivity contribution in [1.29, 1.82) is 0 Å². The molecule has 0 aliphatic heterocycles. The normalized spacial score (nSPS) is 11.2. The van der Waals surface area contributed by atoms with E-state index in [1.54, 1.807) is 13.8 Å². The Balaban J connectivity index is 2.84. The summed E-state index contributed by atoms with van der Waals surface area (Å²) in [5.41, 5.74) is 1.96. The van der Waals surface area contributed by atoms with Crippen molar-refractivity contribution in [3.63, 3.8) is 0 Å². The van der Waals surface area contributed by atoms with E-state index in [0.29, 0.717) is 6.54 Å². The van der Waals surface area contributed by atoms with Crippen LogP contribution in [0.15, 0.2) is 18.2 Å². The molecule has 1 rings (SSSR count). The predicted molar refractivity (Wildman–Crippen MR) is 100 cm³/mol. The Morgan fingerprint density at radius 3 is 2.04 bits per heavy atom. The maximum absolute atomic E-state index is 12.7. The van der Waals surface area contributed by atoms with Crippen LogP contribution >= 0.6 is 0 Å². The zero-order chi connectivity index (χ0) is 18.2. The predicted octanol–water partition coefficient (Wildman–Crippen LogP) is 4.08. The Kier molecular flexibility index (Phi) is 7.96. The number of unbranched alkanes of at least 4 members (excludes halogenated alkanes) is 2. The van der Waals surface area contributed by atoms with E-state index in [0.717, 1.165) is 48.9 Å². The first-order chi connectivity index (χ1) is 11.4. The lowest BCUT2D eigenvalue weighted by Crippen LogP contribution is -2.45. The zero-order valence-corrected chi connectivity index (χ0v) is 15.8. The molecule has 0 fully saturated rings. The second-order valence-corrected chi connectivity index (χ2v) is 6.70. The van der Waals surface area contributed by atoms with Crippen LogP contribution in [0.25, 0.3) is 0 Å². The van der Waals surface area contributed by atoms with Gasteiger partial charge in [-0.1, -0.05) is 51.8 Å². The van der Waals surface area contributed by atoms with Crippen molar-refractivity contribution in [2.24, 2.45) is 5.41 Å². The zero-order valence-electron chi connectivity index (χ0n) is 15.8. The molecule has 2 amide bonds. The fraction of sp³-hybridized carbons (Fsp3) is 0.600. The minimum absolute atomic E-state index is 0.219. The van der Waals surface area contributed by atoms with Crippen molar-refractivity contribution in [3.05, 3.63) is 29.3 Å². The number of anilines is 1. The molecule has 1 aromatic carbocycles. The topological polar surface area (TPSA) is 58.2 Å². The summed E-state index contributed by atoms with van der Waals surface area (Å²) in [5.74, 6) is -0.478. The number of rotatable bonds is 9. The van der Waals surface area contributed by atoms with Gasteiger partial charge in [-0.15, -0.1) is 0 Å². The lowest BCUT2D eigenvalue weighted by molar-refractivity contribution is -0.138. The minimum Gasteiger partial charge on any atom is -0.355 e. The van der Waals surface area contributed by atoms with Gasteiger partial charge in [-0.25, -0.2) is 0 Å². The first-order valence-electron chi connectivity index (χ1n) is 9.08. The Bertz CT molecular complexity index is 543. The van der Waals surface area contributed by atoms with E-state index >= 15 is 0 Å². The van der Waals surface area contributed by atoms with E-state index in [9.17, 15) is 9.59 Å². The van der Waals surface area contributed by atoms with Crippen LogP contribution in [0.4, 0.5) is 5.69 Å². The smallest absolute Gasteiger partial charge is 0.239 e. The summed E-state index contributed by atoms with van der Waals surface area (Å²) in [4.78, 5) is 25.1. The van der Waals surface area contributed by atoms with Crippen LogP contribution < -0.4 is 10.6 Å². The Morgan fingerprint density at radius 2 is 1.54 bits per heavy atom.